The Labute approximate surface area is 161 Å². The molecule has 0 aromatic heterocycles. The molecule has 1 heterocycles. The van der Waals surface area contributed by atoms with Crippen molar-refractivity contribution >= 4 is 21.9 Å². The van der Waals surface area contributed by atoms with Gasteiger partial charge in [0, 0.05) is 16.3 Å². The van der Waals surface area contributed by atoms with Gasteiger partial charge >= 0.3 is 5.97 Å². The van der Waals surface area contributed by atoms with Gasteiger partial charge in [-0.25, -0.2) is 4.79 Å². The molecule has 0 N–H and O–H groups in total. The molecule has 1 aliphatic heterocycles. The van der Waals surface area contributed by atoms with Crippen molar-refractivity contribution < 1.29 is 14.3 Å². The Kier molecular flexibility index (Phi) is 4.73. The van der Waals surface area contributed by atoms with E-state index in [4.69, 9.17) is 9.47 Å². The number of hydrogen-bond donors (Lipinski definition) is 0. The quantitative estimate of drug-likeness (QED) is 0.268. The summed E-state index contributed by atoms with van der Waals surface area (Å²) in [5, 5.41) is 0. The Morgan fingerprint density at radius 1 is 1.24 bits per heavy atom. The Balaban J connectivity index is 1.85. The minimum Gasteiger partial charge on any atom is -0.466 e. The lowest BCUT2D eigenvalue weighted by Crippen LogP contribution is -2.58. The fourth-order valence-corrected chi connectivity index (χ4v) is 6.79. The molecule has 0 aromatic rings. The summed E-state index contributed by atoms with van der Waals surface area (Å²) in [6, 6.07) is 0. The summed E-state index contributed by atoms with van der Waals surface area (Å²) >= 11 is 3.96. The second-order valence-electron chi connectivity index (χ2n) is 9.51. The number of halogens is 1. The highest BCUT2D eigenvalue weighted by Gasteiger charge is 2.79. The summed E-state index contributed by atoms with van der Waals surface area (Å²) in [6.45, 7) is 11.7. The van der Waals surface area contributed by atoms with Crippen LogP contribution in [0.1, 0.15) is 73.1 Å². The van der Waals surface area contributed by atoms with Gasteiger partial charge in [-0.15, -0.1) is 0 Å². The van der Waals surface area contributed by atoms with Crippen LogP contribution >= 0.6 is 15.9 Å². The smallest absolute Gasteiger partial charge is 0.330 e. The van der Waals surface area contributed by atoms with Crippen molar-refractivity contribution in [2.75, 3.05) is 7.11 Å². The molecule has 0 amide bonds. The third kappa shape index (κ3) is 2.74. The van der Waals surface area contributed by atoms with Crippen LogP contribution in [0, 0.1) is 16.7 Å². The topological polar surface area (TPSA) is 38.8 Å². The number of methoxy groups -OCH3 is 1. The van der Waals surface area contributed by atoms with E-state index in [9.17, 15) is 4.79 Å². The van der Waals surface area contributed by atoms with Gasteiger partial charge in [-0.2, -0.15) is 0 Å². The molecule has 0 unspecified atom stereocenters. The SMILES string of the molecule is COC(=O)/C=C(\C)CC[C@]12O[C@@]1(C)CC[C@@H]1C(C)(C)[C@H](Br)CC[C@]12C. The van der Waals surface area contributed by atoms with Crippen LogP contribution in [0.2, 0.25) is 0 Å². The number of esters is 1. The van der Waals surface area contributed by atoms with Gasteiger partial charge < -0.3 is 9.47 Å². The Hall–Kier alpha value is -0.350. The molecular weight excluding hydrogens is 380 g/mol. The molecule has 3 aliphatic rings. The van der Waals surface area contributed by atoms with Gasteiger partial charge in [-0.1, -0.05) is 42.3 Å². The van der Waals surface area contributed by atoms with Gasteiger partial charge in [0.1, 0.15) is 5.60 Å². The monoisotopic (exact) mass is 412 g/mol. The van der Waals surface area contributed by atoms with Crippen LogP contribution in [0.5, 0.6) is 0 Å². The Bertz CT molecular complexity index is 598. The maximum atomic E-state index is 11.5. The van der Waals surface area contributed by atoms with E-state index in [1.807, 2.05) is 6.92 Å². The first-order valence-corrected chi connectivity index (χ1v) is 10.5. The van der Waals surface area contributed by atoms with Crippen molar-refractivity contribution in [1.29, 1.82) is 0 Å². The van der Waals surface area contributed by atoms with Gasteiger partial charge in [-0.05, 0) is 63.7 Å². The third-order valence-electron chi connectivity index (χ3n) is 7.87. The first-order chi connectivity index (χ1) is 11.5. The zero-order chi connectivity index (χ0) is 18.7. The lowest BCUT2D eigenvalue weighted by molar-refractivity contribution is -0.134. The molecule has 3 nitrogen and oxygen atoms in total. The van der Waals surface area contributed by atoms with Crippen LogP contribution in [-0.2, 0) is 14.3 Å². The number of hydrogen-bond acceptors (Lipinski definition) is 3. The van der Waals surface area contributed by atoms with Gasteiger partial charge in [0.2, 0.25) is 0 Å². The molecule has 4 heteroatoms. The van der Waals surface area contributed by atoms with Crippen LogP contribution < -0.4 is 0 Å². The Morgan fingerprint density at radius 3 is 2.56 bits per heavy atom. The van der Waals surface area contributed by atoms with E-state index in [0.717, 1.165) is 24.8 Å². The average Bonchev–Trinajstić information content (AvgIpc) is 3.17. The van der Waals surface area contributed by atoms with Gasteiger partial charge in [0.25, 0.3) is 0 Å². The van der Waals surface area contributed by atoms with Crippen molar-refractivity contribution in [3.05, 3.63) is 11.6 Å². The third-order valence-corrected chi connectivity index (χ3v) is 9.51. The normalized spacial score (nSPS) is 45.3. The minimum absolute atomic E-state index is 0.0129. The number of carbonyl (C=O) groups is 1. The molecule has 25 heavy (non-hydrogen) atoms. The minimum atomic E-state index is -0.261. The predicted octanol–water partition coefficient (Wildman–Crippen LogP) is 5.41. The zero-order valence-electron chi connectivity index (χ0n) is 16.6. The molecule has 0 aromatic carbocycles. The predicted molar refractivity (Wildman–Crippen MR) is 104 cm³/mol. The molecule has 0 bridgehead atoms. The lowest BCUT2D eigenvalue weighted by atomic mass is 9.46. The summed E-state index contributed by atoms with van der Waals surface area (Å²) in [6.07, 6.45) is 8.34. The van der Waals surface area contributed by atoms with Crippen LogP contribution in [0.3, 0.4) is 0 Å². The van der Waals surface area contributed by atoms with Gasteiger partial charge in [-0.3, -0.25) is 0 Å². The fourth-order valence-electron chi connectivity index (χ4n) is 6.24. The van der Waals surface area contributed by atoms with Crippen LogP contribution in [0.15, 0.2) is 11.6 Å². The zero-order valence-corrected chi connectivity index (χ0v) is 18.2. The van der Waals surface area contributed by atoms with E-state index in [2.05, 4.69) is 43.6 Å². The molecule has 142 valence electrons. The number of allylic oxidation sites excluding steroid dienone is 1. The Morgan fingerprint density at radius 2 is 1.92 bits per heavy atom. The van der Waals surface area contributed by atoms with E-state index < -0.39 is 0 Å². The maximum absolute atomic E-state index is 11.5. The van der Waals surface area contributed by atoms with Crippen LogP contribution in [-0.4, -0.2) is 29.1 Å². The molecular formula is C21H33BrO3. The first-order valence-electron chi connectivity index (χ1n) is 9.62. The molecule has 2 aliphatic carbocycles. The van der Waals surface area contributed by atoms with Crippen molar-refractivity contribution in [2.24, 2.45) is 16.7 Å². The summed E-state index contributed by atoms with van der Waals surface area (Å²) in [5.41, 5.74) is 1.54. The fraction of sp³-hybridized carbons (Fsp3) is 0.857. The van der Waals surface area contributed by atoms with Crippen LogP contribution in [0.25, 0.3) is 0 Å². The summed E-state index contributed by atoms with van der Waals surface area (Å²) < 4.78 is 11.3. The highest BCUT2D eigenvalue weighted by Crippen LogP contribution is 2.74. The summed E-state index contributed by atoms with van der Waals surface area (Å²) in [5.74, 6) is 0.404. The van der Waals surface area contributed by atoms with Crippen molar-refractivity contribution in [1.82, 2.24) is 0 Å². The van der Waals surface area contributed by atoms with Crippen molar-refractivity contribution in [2.45, 2.75) is 89.2 Å². The molecule has 1 saturated heterocycles. The second-order valence-corrected chi connectivity index (χ2v) is 10.6. The van der Waals surface area contributed by atoms with Gasteiger partial charge in [0.05, 0.1) is 12.7 Å². The maximum Gasteiger partial charge on any atom is 0.330 e. The average molecular weight is 413 g/mol. The molecule has 5 atom stereocenters. The molecule has 2 saturated carbocycles. The number of epoxide rings is 1. The number of alkyl halides is 1. The number of fused-ring (bicyclic) bond motifs is 3. The van der Waals surface area contributed by atoms with Crippen molar-refractivity contribution in [3.8, 4) is 0 Å². The molecule has 0 radical (unpaired) electrons. The highest BCUT2D eigenvalue weighted by atomic mass is 79.9. The molecule has 3 rings (SSSR count). The lowest BCUT2D eigenvalue weighted by Gasteiger charge is -2.58. The van der Waals surface area contributed by atoms with E-state index >= 15 is 0 Å². The highest BCUT2D eigenvalue weighted by molar-refractivity contribution is 9.09. The standard InChI is InChI=1S/C21H33BrO3/c1-14(13-17(23)24-6)7-12-21-19(4)10-9-16(22)18(2,3)15(19)8-11-20(21,5)25-21/h13,15-16H,7-12H2,1-6H3/b14-13+/t15-,16-,19-,20+,21-/m1/s1. The van der Waals surface area contributed by atoms with E-state index in [1.54, 1.807) is 6.08 Å². The summed E-state index contributed by atoms with van der Waals surface area (Å²) in [7, 11) is 1.43. The number of ether oxygens (including phenoxy) is 2. The molecule has 3 fully saturated rings. The van der Waals surface area contributed by atoms with E-state index in [1.165, 1.54) is 26.4 Å². The van der Waals surface area contributed by atoms with E-state index in [0.29, 0.717) is 10.7 Å². The first kappa shape index (κ1) is 19.4. The van der Waals surface area contributed by atoms with Gasteiger partial charge in [0.15, 0.2) is 0 Å². The van der Waals surface area contributed by atoms with E-state index in [-0.39, 0.29) is 28.0 Å². The van der Waals surface area contributed by atoms with Crippen molar-refractivity contribution in [3.63, 3.8) is 0 Å². The largest absolute Gasteiger partial charge is 0.466 e. The second kappa shape index (κ2) is 6.09. The number of rotatable bonds is 4. The number of carbonyl (C=O) groups excluding carboxylic acids is 1. The summed E-state index contributed by atoms with van der Waals surface area (Å²) in [4.78, 5) is 12.1. The van der Waals surface area contributed by atoms with Crippen LogP contribution in [0.4, 0.5) is 0 Å². The molecule has 0 spiro atoms.